The van der Waals surface area contributed by atoms with Gasteiger partial charge in [-0.1, -0.05) is 36.4 Å². The van der Waals surface area contributed by atoms with Crippen LogP contribution in [0.5, 0.6) is 0 Å². The van der Waals surface area contributed by atoms with E-state index in [0.29, 0.717) is 17.8 Å². The summed E-state index contributed by atoms with van der Waals surface area (Å²) in [6.07, 6.45) is 0. The summed E-state index contributed by atoms with van der Waals surface area (Å²) in [5.74, 6) is -0.575. The first-order valence-electron chi connectivity index (χ1n) is 8.56. The third kappa shape index (κ3) is 4.55. The molecule has 3 aromatic carbocycles. The van der Waals surface area contributed by atoms with Gasteiger partial charge in [-0.25, -0.2) is 17.6 Å². The van der Waals surface area contributed by atoms with E-state index in [1.165, 1.54) is 36.4 Å². The zero-order valence-corrected chi connectivity index (χ0v) is 16.0. The summed E-state index contributed by atoms with van der Waals surface area (Å²) < 4.78 is 39.0. The fourth-order valence-electron chi connectivity index (χ4n) is 2.55. The van der Waals surface area contributed by atoms with Gasteiger partial charge in [0.1, 0.15) is 5.82 Å². The summed E-state index contributed by atoms with van der Waals surface area (Å²) >= 11 is 0. The standard InChI is InChI=1S/C21H19FN2O3S/c1-15-7-10-19(13-20(15)22)28(26,27)18-11-8-17(9-12-18)24-21(25)23-14-16-5-3-2-4-6-16/h2-13H,14H2,1H3,(H2,23,24,25). The van der Waals surface area contributed by atoms with E-state index in [-0.39, 0.29) is 9.79 Å². The number of rotatable bonds is 5. The van der Waals surface area contributed by atoms with Crippen LogP contribution in [0.4, 0.5) is 14.9 Å². The number of benzene rings is 3. The fraction of sp³-hybridized carbons (Fsp3) is 0.0952. The van der Waals surface area contributed by atoms with E-state index in [1.54, 1.807) is 6.92 Å². The molecule has 3 aromatic rings. The average molecular weight is 398 g/mol. The van der Waals surface area contributed by atoms with Gasteiger partial charge in [-0.2, -0.15) is 0 Å². The average Bonchev–Trinajstić information content (AvgIpc) is 2.69. The lowest BCUT2D eigenvalue weighted by Crippen LogP contribution is -2.28. The second-order valence-electron chi connectivity index (χ2n) is 6.23. The molecule has 0 aliphatic carbocycles. The van der Waals surface area contributed by atoms with Crippen LogP contribution in [-0.4, -0.2) is 14.4 Å². The molecule has 0 unspecified atom stereocenters. The number of amides is 2. The van der Waals surface area contributed by atoms with Crippen LogP contribution < -0.4 is 10.6 Å². The Morgan fingerprint density at radius 2 is 1.57 bits per heavy atom. The molecule has 28 heavy (non-hydrogen) atoms. The Kier molecular flexibility index (Phi) is 5.75. The molecule has 0 aromatic heterocycles. The SMILES string of the molecule is Cc1ccc(S(=O)(=O)c2ccc(NC(=O)NCc3ccccc3)cc2)cc1F. The van der Waals surface area contributed by atoms with Gasteiger partial charge in [0.2, 0.25) is 9.84 Å². The topological polar surface area (TPSA) is 75.3 Å². The molecule has 0 atom stereocenters. The number of halogens is 1. The first kappa shape index (κ1) is 19.6. The molecule has 5 nitrogen and oxygen atoms in total. The molecule has 0 radical (unpaired) electrons. The van der Waals surface area contributed by atoms with E-state index in [1.807, 2.05) is 30.3 Å². The summed E-state index contributed by atoms with van der Waals surface area (Å²) in [5, 5.41) is 5.36. The molecule has 2 amide bonds. The predicted octanol–water partition coefficient (Wildman–Crippen LogP) is 4.29. The van der Waals surface area contributed by atoms with E-state index in [9.17, 15) is 17.6 Å². The van der Waals surface area contributed by atoms with Gasteiger partial charge < -0.3 is 10.6 Å². The van der Waals surface area contributed by atoms with Crippen molar-refractivity contribution < 1.29 is 17.6 Å². The minimum atomic E-state index is -3.84. The molecule has 0 fully saturated rings. The molecule has 0 aliphatic heterocycles. The smallest absolute Gasteiger partial charge is 0.319 e. The zero-order valence-electron chi connectivity index (χ0n) is 15.1. The number of aryl methyl sites for hydroxylation is 1. The molecule has 0 bridgehead atoms. The van der Waals surface area contributed by atoms with Gasteiger partial charge >= 0.3 is 6.03 Å². The van der Waals surface area contributed by atoms with Gasteiger partial charge in [-0.3, -0.25) is 0 Å². The van der Waals surface area contributed by atoms with Crippen molar-refractivity contribution in [1.82, 2.24) is 5.32 Å². The van der Waals surface area contributed by atoms with Crippen LogP contribution in [0.15, 0.2) is 82.6 Å². The Morgan fingerprint density at radius 1 is 0.929 bits per heavy atom. The number of anilines is 1. The summed E-state index contributed by atoms with van der Waals surface area (Å²) in [5.41, 5.74) is 1.78. The minimum absolute atomic E-state index is 0.0194. The maximum absolute atomic E-state index is 13.7. The highest BCUT2D eigenvalue weighted by molar-refractivity contribution is 7.91. The van der Waals surface area contributed by atoms with Crippen LogP contribution in [0.25, 0.3) is 0 Å². The second kappa shape index (κ2) is 8.22. The monoisotopic (exact) mass is 398 g/mol. The number of carbonyl (C=O) groups is 1. The second-order valence-corrected chi connectivity index (χ2v) is 8.18. The van der Waals surface area contributed by atoms with Crippen LogP contribution in [-0.2, 0) is 16.4 Å². The Morgan fingerprint density at radius 3 is 2.21 bits per heavy atom. The number of hydrogen-bond donors (Lipinski definition) is 2. The summed E-state index contributed by atoms with van der Waals surface area (Å²) in [7, 11) is -3.84. The van der Waals surface area contributed by atoms with Gasteiger partial charge in [0, 0.05) is 12.2 Å². The molecule has 0 spiro atoms. The van der Waals surface area contributed by atoms with Crippen LogP contribution >= 0.6 is 0 Å². The third-order valence-corrected chi connectivity index (χ3v) is 5.94. The summed E-state index contributed by atoms with van der Waals surface area (Å²) in [6.45, 7) is 1.94. The van der Waals surface area contributed by atoms with Crippen LogP contribution in [0.3, 0.4) is 0 Å². The molecule has 0 heterocycles. The van der Waals surface area contributed by atoms with Crippen LogP contribution in [0, 0.1) is 12.7 Å². The Labute approximate surface area is 163 Å². The predicted molar refractivity (Wildman–Crippen MR) is 105 cm³/mol. The van der Waals surface area contributed by atoms with Gasteiger partial charge in [0.05, 0.1) is 9.79 Å². The molecule has 0 aliphatic rings. The van der Waals surface area contributed by atoms with E-state index < -0.39 is 21.7 Å². The molecular weight excluding hydrogens is 379 g/mol. The highest BCUT2D eigenvalue weighted by Crippen LogP contribution is 2.24. The van der Waals surface area contributed by atoms with Crippen molar-refractivity contribution in [2.75, 3.05) is 5.32 Å². The van der Waals surface area contributed by atoms with Gasteiger partial charge in [-0.05, 0) is 54.4 Å². The Balaban J connectivity index is 1.67. The molecule has 3 rings (SSSR count). The fourth-order valence-corrected chi connectivity index (χ4v) is 3.82. The lowest BCUT2D eigenvalue weighted by Gasteiger charge is -2.09. The highest BCUT2D eigenvalue weighted by Gasteiger charge is 2.19. The van der Waals surface area contributed by atoms with Crippen molar-refractivity contribution in [1.29, 1.82) is 0 Å². The molecule has 0 saturated heterocycles. The van der Waals surface area contributed by atoms with E-state index in [2.05, 4.69) is 10.6 Å². The molecule has 2 N–H and O–H groups in total. The van der Waals surface area contributed by atoms with Crippen molar-refractivity contribution in [3.63, 3.8) is 0 Å². The highest BCUT2D eigenvalue weighted by atomic mass is 32.2. The number of carbonyl (C=O) groups excluding carboxylic acids is 1. The molecule has 144 valence electrons. The lowest BCUT2D eigenvalue weighted by molar-refractivity contribution is 0.251. The van der Waals surface area contributed by atoms with Crippen molar-refractivity contribution in [3.05, 3.63) is 89.7 Å². The van der Waals surface area contributed by atoms with Crippen molar-refractivity contribution >= 4 is 21.6 Å². The van der Waals surface area contributed by atoms with Crippen LogP contribution in [0.1, 0.15) is 11.1 Å². The van der Waals surface area contributed by atoms with Crippen LogP contribution in [0.2, 0.25) is 0 Å². The number of nitrogens with one attached hydrogen (secondary N) is 2. The number of urea groups is 1. The normalized spacial score (nSPS) is 11.1. The first-order chi connectivity index (χ1) is 13.4. The zero-order chi connectivity index (χ0) is 20.1. The summed E-state index contributed by atoms with van der Waals surface area (Å²) in [6, 6.07) is 18.6. The Bertz CT molecular complexity index is 1080. The molecule has 7 heteroatoms. The number of hydrogen-bond acceptors (Lipinski definition) is 3. The lowest BCUT2D eigenvalue weighted by atomic mass is 10.2. The van der Waals surface area contributed by atoms with Gasteiger partial charge in [-0.15, -0.1) is 0 Å². The first-order valence-corrected chi connectivity index (χ1v) is 10.0. The van der Waals surface area contributed by atoms with E-state index >= 15 is 0 Å². The van der Waals surface area contributed by atoms with E-state index in [0.717, 1.165) is 11.6 Å². The van der Waals surface area contributed by atoms with E-state index in [4.69, 9.17) is 0 Å². The van der Waals surface area contributed by atoms with Gasteiger partial charge in [0.15, 0.2) is 0 Å². The Hall–Kier alpha value is -3.19. The van der Waals surface area contributed by atoms with Gasteiger partial charge in [0.25, 0.3) is 0 Å². The molecular formula is C21H19FN2O3S. The van der Waals surface area contributed by atoms with Crippen molar-refractivity contribution in [2.45, 2.75) is 23.3 Å². The maximum atomic E-state index is 13.7. The quantitative estimate of drug-likeness (QED) is 0.673. The minimum Gasteiger partial charge on any atom is -0.334 e. The van der Waals surface area contributed by atoms with Crippen molar-refractivity contribution in [3.8, 4) is 0 Å². The number of sulfone groups is 1. The summed E-state index contributed by atoms with van der Waals surface area (Å²) in [4.78, 5) is 11.9. The molecule has 0 saturated carbocycles. The largest absolute Gasteiger partial charge is 0.334 e. The maximum Gasteiger partial charge on any atom is 0.319 e. The third-order valence-electron chi connectivity index (χ3n) is 4.17. The van der Waals surface area contributed by atoms with Crippen molar-refractivity contribution in [2.24, 2.45) is 0 Å².